The van der Waals surface area contributed by atoms with Crippen LogP contribution in [0.1, 0.15) is 11.1 Å². The van der Waals surface area contributed by atoms with Crippen LogP contribution >= 0.6 is 11.6 Å². The van der Waals surface area contributed by atoms with Crippen molar-refractivity contribution in [1.82, 2.24) is 9.97 Å². The largest absolute Gasteiger partial charge is 0.419 e. The van der Waals surface area contributed by atoms with Gasteiger partial charge in [0.25, 0.3) is 0 Å². The van der Waals surface area contributed by atoms with Crippen molar-refractivity contribution >= 4 is 11.6 Å². The average Bonchev–Trinajstić information content (AvgIpc) is 2.30. The SMILES string of the molecule is Cc1cnc(Cl)nc1-c1ccc(C(F)(F)F)c(F)c1. The van der Waals surface area contributed by atoms with Gasteiger partial charge in [-0.25, -0.2) is 14.4 Å². The van der Waals surface area contributed by atoms with E-state index in [1.807, 2.05) is 0 Å². The summed E-state index contributed by atoms with van der Waals surface area (Å²) in [6.07, 6.45) is -3.30. The molecule has 0 spiro atoms. The van der Waals surface area contributed by atoms with Crippen LogP contribution in [0.15, 0.2) is 24.4 Å². The molecule has 2 aromatic rings. The highest BCUT2D eigenvalue weighted by Gasteiger charge is 2.34. The third-order valence-electron chi connectivity index (χ3n) is 2.49. The van der Waals surface area contributed by atoms with Crippen molar-refractivity contribution < 1.29 is 17.6 Å². The Morgan fingerprint density at radius 1 is 1.21 bits per heavy atom. The molecule has 2 rings (SSSR count). The van der Waals surface area contributed by atoms with Gasteiger partial charge in [0.2, 0.25) is 5.28 Å². The van der Waals surface area contributed by atoms with Gasteiger partial charge in [0.05, 0.1) is 11.3 Å². The lowest BCUT2D eigenvalue weighted by Gasteiger charge is -2.10. The summed E-state index contributed by atoms with van der Waals surface area (Å²) in [5.74, 6) is -1.35. The van der Waals surface area contributed by atoms with Crippen molar-refractivity contribution in [3.8, 4) is 11.3 Å². The van der Waals surface area contributed by atoms with E-state index in [1.54, 1.807) is 6.92 Å². The van der Waals surface area contributed by atoms with Crippen LogP contribution < -0.4 is 0 Å². The summed E-state index contributed by atoms with van der Waals surface area (Å²) in [6.45, 7) is 1.65. The van der Waals surface area contributed by atoms with Crippen molar-refractivity contribution in [3.63, 3.8) is 0 Å². The van der Waals surface area contributed by atoms with Crippen LogP contribution in [0.2, 0.25) is 5.28 Å². The fourth-order valence-electron chi connectivity index (χ4n) is 1.61. The third-order valence-corrected chi connectivity index (χ3v) is 2.67. The number of nitrogens with zero attached hydrogens (tertiary/aromatic N) is 2. The first-order chi connectivity index (χ1) is 8.79. The normalized spacial score (nSPS) is 11.7. The van der Waals surface area contributed by atoms with Gasteiger partial charge < -0.3 is 0 Å². The minimum atomic E-state index is -4.72. The molecule has 0 radical (unpaired) electrons. The Morgan fingerprint density at radius 3 is 2.47 bits per heavy atom. The lowest BCUT2D eigenvalue weighted by molar-refractivity contribution is -0.139. The first-order valence-corrected chi connectivity index (χ1v) is 5.53. The smallest absolute Gasteiger partial charge is 0.226 e. The molecule has 0 saturated carbocycles. The Bertz CT molecular complexity index is 626. The first-order valence-electron chi connectivity index (χ1n) is 5.15. The molecule has 0 fully saturated rings. The van der Waals surface area contributed by atoms with E-state index in [4.69, 9.17) is 11.6 Å². The molecule has 0 aliphatic heterocycles. The number of hydrogen-bond donors (Lipinski definition) is 0. The van der Waals surface area contributed by atoms with Crippen molar-refractivity contribution in [2.24, 2.45) is 0 Å². The van der Waals surface area contributed by atoms with Gasteiger partial charge in [0.15, 0.2) is 0 Å². The Balaban J connectivity index is 2.54. The number of benzene rings is 1. The highest BCUT2D eigenvalue weighted by molar-refractivity contribution is 6.28. The standard InChI is InChI=1S/C12H7ClF4N2/c1-6-5-18-11(13)19-10(6)7-2-3-8(9(14)4-7)12(15,16)17/h2-5H,1H3. The second kappa shape index (κ2) is 4.77. The second-order valence-corrected chi connectivity index (χ2v) is 4.20. The maximum absolute atomic E-state index is 13.5. The molecule has 100 valence electrons. The first kappa shape index (κ1) is 13.7. The molecule has 0 amide bonds. The fraction of sp³-hybridized carbons (Fsp3) is 0.167. The van der Waals surface area contributed by atoms with Gasteiger partial charge in [-0.05, 0) is 36.2 Å². The molecule has 1 aromatic heterocycles. The van der Waals surface area contributed by atoms with Crippen LogP contribution in [-0.2, 0) is 6.18 Å². The zero-order chi connectivity index (χ0) is 14.2. The summed E-state index contributed by atoms with van der Waals surface area (Å²) in [5, 5.41) is -0.0547. The number of halogens is 5. The van der Waals surface area contributed by atoms with E-state index in [0.29, 0.717) is 17.3 Å². The molecule has 0 atom stereocenters. The van der Waals surface area contributed by atoms with E-state index in [-0.39, 0.29) is 10.8 Å². The van der Waals surface area contributed by atoms with Gasteiger partial charge in [0, 0.05) is 11.8 Å². The minimum Gasteiger partial charge on any atom is -0.226 e. The van der Waals surface area contributed by atoms with E-state index in [2.05, 4.69) is 9.97 Å². The van der Waals surface area contributed by atoms with Crippen LogP contribution in [0.4, 0.5) is 17.6 Å². The summed E-state index contributed by atoms with van der Waals surface area (Å²) < 4.78 is 50.8. The molecule has 1 heterocycles. The molecule has 0 aliphatic carbocycles. The lowest BCUT2D eigenvalue weighted by atomic mass is 10.1. The van der Waals surface area contributed by atoms with E-state index in [0.717, 1.165) is 12.1 Å². The van der Waals surface area contributed by atoms with Gasteiger partial charge in [-0.2, -0.15) is 13.2 Å². The van der Waals surface area contributed by atoms with Crippen molar-refractivity contribution in [2.75, 3.05) is 0 Å². The predicted octanol–water partition coefficient (Wildman–Crippen LogP) is 4.26. The topological polar surface area (TPSA) is 25.8 Å². The zero-order valence-electron chi connectivity index (χ0n) is 9.59. The Morgan fingerprint density at radius 2 is 1.89 bits per heavy atom. The highest BCUT2D eigenvalue weighted by atomic mass is 35.5. The fourth-order valence-corrected chi connectivity index (χ4v) is 1.74. The summed E-state index contributed by atoms with van der Waals surface area (Å²) >= 11 is 5.61. The highest BCUT2D eigenvalue weighted by Crippen LogP contribution is 2.33. The predicted molar refractivity (Wildman–Crippen MR) is 62.2 cm³/mol. The third kappa shape index (κ3) is 2.84. The van der Waals surface area contributed by atoms with Crippen LogP contribution in [0.3, 0.4) is 0 Å². The number of alkyl halides is 3. The van der Waals surface area contributed by atoms with Gasteiger partial charge in [0.1, 0.15) is 5.82 Å². The Hall–Kier alpha value is -1.69. The van der Waals surface area contributed by atoms with Crippen LogP contribution in [0.5, 0.6) is 0 Å². The maximum atomic E-state index is 13.5. The van der Waals surface area contributed by atoms with E-state index in [9.17, 15) is 17.6 Å². The van der Waals surface area contributed by atoms with Crippen LogP contribution in [0, 0.1) is 12.7 Å². The molecule has 0 unspecified atom stereocenters. The second-order valence-electron chi connectivity index (χ2n) is 3.86. The summed E-state index contributed by atoms with van der Waals surface area (Å²) in [4.78, 5) is 7.61. The maximum Gasteiger partial charge on any atom is 0.419 e. The van der Waals surface area contributed by atoms with E-state index in [1.165, 1.54) is 6.20 Å². The molecule has 0 bridgehead atoms. The molecule has 0 aliphatic rings. The minimum absolute atomic E-state index is 0.0547. The van der Waals surface area contributed by atoms with Crippen LogP contribution in [0.25, 0.3) is 11.3 Å². The number of rotatable bonds is 1. The summed E-state index contributed by atoms with van der Waals surface area (Å²) in [7, 11) is 0. The molecule has 0 saturated heterocycles. The van der Waals surface area contributed by atoms with Gasteiger partial charge in [-0.15, -0.1) is 0 Å². The van der Waals surface area contributed by atoms with Gasteiger partial charge in [-0.3, -0.25) is 0 Å². The zero-order valence-corrected chi connectivity index (χ0v) is 10.3. The molecule has 1 aromatic carbocycles. The van der Waals surface area contributed by atoms with E-state index < -0.39 is 17.6 Å². The van der Waals surface area contributed by atoms with Gasteiger partial charge >= 0.3 is 6.18 Å². The monoisotopic (exact) mass is 290 g/mol. The average molecular weight is 291 g/mol. The molecule has 7 heteroatoms. The molecule has 2 nitrogen and oxygen atoms in total. The summed E-state index contributed by atoms with van der Waals surface area (Å²) in [5.41, 5.74) is -0.211. The number of aromatic nitrogens is 2. The molecule has 19 heavy (non-hydrogen) atoms. The molecular formula is C12H7ClF4N2. The van der Waals surface area contributed by atoms with Crippen molar-refractivity contribution in [2.45, 2.75) is 13.1 Å². The quantitative estimate of drug-likeness (QED) is 0.579. The molecular weight excluding hydrogens is 284 g/mol. The Labute approximate surface area is 111 Å². The van der Waals surface area contributed by atoms with Gasteiger partial charge in [-0.1, -0.05) is 6.07 Å². The Kier molecular flexibility index (Phi) is 3.45. The summed E-state index contributed by atoms with van der Waals surface area (Å²) in [6, 6.07) is 2.62. The number of hydrogen-bond acceptors (Lipinski definition) is 2. The molecule has 0 N–H and O–H groups in total. The van der Waals surface area contributed by atoms with Crippen LogP contribution in [-0.4, -0.2) is 9.97 Å². The van der Waals surface area contributed by atoms with E-state index >= 15 is 0 Å². The van der Waals surface area contributed by atoms with Crippen molar-refractivity contribution in [3.05, 3.63) is 46.6 Å². The number of aryl methyl sites for hydroxylation is 1. The lowest BCUT2D eigenvalue weighted by Crippen LogP contribution is -2.08. The van der Waals surface area contributed by atoms with Crippen molar-refractivity contribution in [1.29, 1.82) is 0 Å².